The van der Waals surface area contributed by atoms with Crippen molar-refractivity contribution in [3.05, 3.63) is 0 Å². The minimum absolute atomic E-state index is 0.459. The monoisotopic (exact) mass is 185 g/mol. The van der Waals surface area contributed by atoms with Crippen LogP contribution in [0.2, 0.25) is 0 Å². The van der Waals surface area contributed by atoms with E-state index in [-0.39, 0.29) is 0 Å². The largest absolute Gasteiger partial charge is 0.314 e. The highest BCUT2D eigenvalue weighted by Gasteiger charge is 2.15. The molecule has 0 saturated heterocycles. The van der Waals surface area contributed by atoms with Crippen molar-refractivity contribution < 1.29 is 0 Å². The van der Waals surface area contributed by atoms with Gasteiger partial charge in [0, 0.05) is 12.6 Å². The molecule has 0 aliphatic carbocycles. The number of nitrogens with one attached hydrogen (secondary N) is 1. The Morgan fingerprint density at radius 3 is 2.31 bits per heavy atom. The quantitative estimate of drug-likeness (QED) is 0.639. The van der Waals surface area contributed by atoms with E-state index in [1.54, 1.807) is 0 Å². The lowest BCUT2D eigenvalue weighted by Gasteiger charge is -2.25. The maximum Gasteiger partial charge on any atom is 0.00389 e. The third-order valence-electron chi connectivity index (χ3n) is 2.88. The minimum atomic E-state index is 0.459. The molecular formula is C12H27N. The van der Waals surface area contributed by atoms with Crippen molar-refractivity contribution in [1.29, 1.82) is 0 Å². The third kappa shape index (κ3) is 7.06. The zero-order valence-electron chi connectivity index (χ0n) is 10.1. The summed E-state index contributed by atoms with van der Waals surface area (Å²) in [7, 11) is 0. The molecule has 0 aliphatic rings. The van der Waals surface area contributed by atoms with Crippen LogP contribution < -0.4 is 5.32 Å². The molecule has 0 bridgehead atoms. The van der Waals surface area contributed by atoms with Crippen molar-refractivity contribution in [1.82, 2.24) is 5.32 Å². The first-order valence-corrected chi connectivity index (χ1v) is 5.75. The first-order valence-electron chi connectivity index (χ1n) is 5.75. The molecule has 0 spiro atoms. The summed E-state index contributed by atoms with van der Waals surface area (Å²) in [6, 6.07) is 0.686. The van der Waals surface area contributed by atoms with Crippen LogP contribution in [0.1, 0.15) is 60.3 Å². The van der Waals surface area contributed by atoms with Crippen molar-refractivity contribution >= 4 is 0 Å². The summed E-state index contributed by atoms with van der Waals surface area (Å²) in [5, 5.41) is 3.61. The fraction of sp³-hybridized carbons (Fsp3) is 1.00. The molecule has 0 aromatic heterocycles. The fourth-order valence-corrected chi connectivity index (χ4v) is 1.19. The van der Waals surface area contributed by atoms with Crippen LogP contribution in [0.15, 0.2) is 0 Å². The van der Waals surface area contributed by atoms with Crippen molar-refractivity contribution in [3.8, 4) is 0 Å². The van der Waals surface area contributed by atoms with Crippen LogP contribution in [0.4, 0.5) is 0 Å². The zero-order valence-corrected chi connectivity index (χ0v) is 10.1. The van der Waals surface area contributed by atoms with E-state index < -0.39 is 0 Å². The van der Waals surface area contributed by atoms with E-state index in [0.717, 1.165) is 6.54 Å². The van der Waals surface area contributed by atoms with Gasteiger partial charge < -0.3 is 5.32 Å². The van der Waals surface area contributed by atoms with Gasteiger partial charge in [0.2, 0.25) is 0 Å². The Bertz CT molecular complexity index is 118. The average Bonchev–Trinajstić information content (AvgIpc) is 2.11. The van der Waals surface area contributed by atoms with E-state index in [0.29, 0.717) is 11.5 Å². The summed E-state index contributed by atoms with van der Waals surface area (Å²) in [4.78, 5) is 0. The summed E-state index contributed by atoms with van der Waals surface area (Å²) in [5.74, 6) is 0. The van der Waals surface area contributed by atoms with Gasteiger partial charge in [0.1, 0.15) is 0 Å². The predicted octanol–water partition coefficient (Wildman–Crippen LogP) is 3.59. The second kappa shape index (κ2) is 6.42. The number of hydrogen-bond acceptors (Lipinski definition) is 1. The first-order chi connectivity index (χ1) is 6.02. The topological polar surface area (TPSA) is 12.0 Å². The highest BCUT2D eigenvalue weighted by molar-refractivity contribution is 4.72. The van der Waals surface area contributed by atoms with E-state index in [2.05, 4.69) is 39.9 Å². The van der Waals surface area contributed by atoms with Crippen LogP contribution in [0.5, 0.6) is 0 Å². The Labute approximate surface area is 84.3 Å². The van der Waals surface area contributed by atoms with Gasteiger partial charge >= 0.3 is 0 Å². The average molecular weight is 185 g/mol. The lowest BCUT2D eigenvalue weighted by molar-refractivity contribution is 0.307. The first kappa shape index (κ1) is 13.0. The highest BCUT2D eigenvalue weighted by atomic mass is 14.9. The maximum absolute atomic E-state index is 3.61. The molecule has 1 nitrogen and oxygen atoms in total. The van der Waals surface area contributed by atoms with Gasteiger partial charge in [-0.05, 0) is 25.2 Å². The lowest BCUT2D eigenvalue weighted by atomic mass is 9.90. The Morgan fingerprint density at radius 2 is 1.85 bits per heavy atom. The molecule has 0 aliphatic heterocycles. The van der Waals surface area contributed by atoms with Gasteiger partial charge in [-0.15, -0.1) is 0 Å². The molecular weight excluding hydrogens is 158 g/mol. The standard InChI is InChI=1S/C12H27N/c1-6-8-9-11(3)13-10-12(4,5)7-2/h11,13H,6-10H2,1-5H3. The van der Waals surface area contributed by atoms with Gasteiger partial charge in [0.15, 0.2) is 0 Å². The molecule has 0 rings (SSSR count). The molecule has 0 heterocycles. The maximum atomic E-state index is 3.61. The summed E-state index contributed by atoms with van der Waals surface area (Å²) in [6.07, 6.45) is 5.22. The second-order valence-electron chi connectivity index (χ2n) is 4.94. The molecule has 0 fully saturated rings. The summed E-state index contributed by atoms with van der Waals surface area (Å²) in [5.41, 5.74) is 0.459. The van der Waals surface area contributed by atoms with E-state index in [4.69, 9.17) is 0 Å². The van der Waals surface area contributed by atoms with Crippen molar-refractivity contribution in [2.45, 2.75) is 66.3 Å². The van der Waals surface area contributed by atoms with Crippen LogP contribution in [0.3, 0.4) is 0 Å². The van der Waals surface area contributed by atoms with Gasteiger partial charge in [-0.2, -0.15) is 0 Å². The van der Waals surface area contributed by atoms with Gasteiger partial charge in [-0.3, -0.25) is 0 Å². The van der Waals surface area contributed by atoms with Gasteiger partial charge in [-0.1, -0.05) is 40.5 Å². The molecule has 13 heavy (non-hydrogen) atoms. The van der Waals surface area contributed by atoms with Gasteiger partial charge in [0.05, 0.1) is 0 Å². The van der Waals surface area contributed by atoms with Crippen LogP contribution in [-0.2, 0) is 0 Å². The van der Waals surface area contributed by atoms with Crippen LogP contribution >= 0.6 is 0 Å². The van der Waals surface area contributed by atoms with E-state index in [1.807, 2.05) is 0 Å². The van der Waals surface area contributed by atoms with Crippen LogP contribution in [-0.4, -0.2) is 12.6 Å². The molecule has 0 aromatic rings. The van der Waals surface area contributed by atoms with Crippen molar-refractivity contribution in [2.75, 3.05) is 6.54 Å². The molecule has 0 radical (unpaired) electrons. The van der Waals surface area contributed by atoms with E-state index in [9.17, 15) is 0 Å². The minimum Gasteiger partial charge on any atom is -0.314 e. The molecule has 0 aromatic carbocycles. The third-order valence-corrected chi connectivity index (χ3v) is 2.88. The number of rotatable bonds is 7. The molecule has 0 amide bonds. The summed E-state index contributed by atoms with van der Waals surface area (Å²) in [6.45, 7) is 12.6. The second-order valence-corrected chi connectivity index (χ2v) is 4.94. The smallest absolute Gasteiger partial charge is 0.00389 e. The van der Waals surface area contributed by atoms with Crippen LogP contribution in [0, 0.1) is 5.41 Å². The molecule has 1 heteroatoms. The van der Waals surface area contributed by atoms with Gasteiger partial charge in [0.25, 0.3) is 0 Å². The van der Waals surface area contributed by atoms with Gasteiger partial charge in [-0.25, -0.2) is 0 Å². The highest BCUT2D eigenvalue weighted by Crippen LogP contribution is 2.18. The predicted molar refractivity (Wildman–Crippen MR) is 61.1 cm³/mol. The Kier molecular flexibility index (Phi) is 6.40. The van der Waals surface area contributed by atoms with Crippen LogP contribution in [0.25, 0.3) is 0 Å². The van der Waals surface area contributed by atoms with Crippen molar-refractivity contribution in [3.63, 3.8) is 0 Å². The zero-order chi connectivity index (χ0) is 10.3. The molecule has 80 valence electrons. The molecule has 1 N–H and O–H groups in total. The lowest BCUT2D eigenvalue weighted by Crippen LogP contribution is -2.35. The SMILES string of the molecule is CCCCC(C)NCC(C)(C)CC. The Morgan fingerprint density at radius 1 is 1.23 bits per heavy atom. The number of unbranched alkanes of at least 4 members (excludes halogenated alkanes) is 1. The van der Waals surface area contributed by atoms with E-state index >= 15 is 0 Å². The molecule has 1 atom stereocenters. The number of hydrogen-bond donors (Lipinski definition) is 1. The normalized spacial score (nSPS) is 14.5. The molecule has 0 saturated carbocycles. The Balaban J connectivity index is 3.51. The summed E-state index contributed by atoms with van der Waals surface area (Å²) < 4.78 is 0. The Hall–Kier alpha value is -0.0400. The van der Waals surface area contributed by atoms with E-state index in [1.165, 1.54) is 25.7 Å². The molecule has 1 unspecified atom stereocenters. The summed E-state index contributed by atoms with van der Waals surface area (Å²) >= 11 is 0. The fourth-order valence-electron chi connectivity index (χ4n) is 1.19. The van der Waals surface area contributed by atoms with Crippen molar-refractivity contribution in [2.24, 2.45) is 5.41 Å².